The summed E-state index contributed by atoms with van der Waals surface area (Å²) in [6.45, 7) is 5.90. The predicted molar refractivity (Wildman–Crippen MR) is 87.1 cm³/mol. The van der Waals surface area contributed by atoms with Gasteiger partial charge in [0, 0.05) is 31.4 Å². The minimum Gasteiger partial charge on any atom is -0.492 e. The molecule has 2 heterocycles. The summed E-state index contributed by atoms with van der Waals surface area (Å²) in [4.78, 5) is 11.4. The van der Waals surface area contributed by atoms with Crippen molar-refractivity contribution in [1.82, 2.24) is 14.9 Å². The number of rotatable bonds is 5. The maximum absolute atomic E-state index is 5.80. The summed E-state index contributed by atoms with van der Waals surface area (Å²) in [7, 11) is 0. The second-order valence-corrected chi connectivity index (χ2v) is 5.89. The second-order valence-electron chi connectivity index (χ2n) is 5.89. The van der Waals surface area contributed by atoms with Crippen LogP contribution in [-0.2, 0) is 0 Å². The SMILES string of the molecule is Cc1cncc([C@H]2CCCN(CCOc3ccccc3)C2)n1. The van der Waals surface area contributed by atoms with E-state index in [4.69, 9.17) is 4.74 Å². The highest BCUT2D eigenvalue weighted by atomic mass is 16.5. The molecule has 4 heteroatoms. The molecule has 22 heavy (non-hydrogen) atoms. The Bertz CT molecular complexity index is 588. The van der Waals surface area contributed by atoms with Crippen LogP contribution < -0.4 is 4.74 Å². The van der Waals surface area contributed by atoms with Gasteiger partial charge < -0.3 is 4.74 Å². The number of aryl methyl sites for hydroxylation is 1. The number of benzene rings is 1. The molecular weight excluding hydrogens is 274 g/mol. The summed E-state index contributed by atoms with van der Waals surface area (Å²) in [5.41, 5.74) is 2.13. The highest BCUT2D eigenvalue weighted by Crippen LogP contribution is 2.25. The average Bonchev–Trinajstić information content (AvgIpc) is 2.56. The molecule has 0 N–H and O–H groups in total. The Kier molecular flexibility index (Phi) is 5.01. The van der Waals surface area contributed by atoms with E-state index >= 15 is 0 Å². The maximum atomic E-state index is 5.80. The van der Waals surface area contributed by atoms with Crippen LogP contribution >= 0.6 is 0 Å². The molecule has 1 aliphatic rings. The highest BCUT2D eigenvalue weighted by Gasteiger charge is 2.22. The third kappa shape index (κ3) is 4.04. The van der Waals surface area contributed by atoms with E-state index in [9.17, 15) is 0 Å². The molecule has 0 bridgehead atoms. The Morgan fingerprint density at radius 2 is 2.09 bits per heavy atom. The lowest BCUT2D eigenvalue weighted by Gasteiger charge is -2.32. The molecule has 1 aliphatic heterocycles. The molecule has 0 radical (unpaired) electrons. The lowest BCUT2D eigenvalue weighted by molar-refractivity contribution is 0.169. The van der Waals surface area contributed by atoms with Gasteiger partial charge in [-0.2, -0.15) is 0 Å². The van der Waals surface area contributed by atoms with Gasteiger partial charge in [-0.1, -0.05) is 18.2 Å². The van der Waals surface area contributed by atoms with E-state index in [1.54, 1.807) is 0 Å². The molecule has 1 saturated heterocycles. The largest absolute Gasteiger partial charge is 0.492 e. The number of piperidine rings is 1. The quantitative estimate of drug-likeness (QED) is 0.850. The van der Waals surface area contributed by atoms with Crippen LogP contribution in [0.5, 0.6) is 5.75 Å². The van der Waals surface area contributed by atoms with Gasteiger partial charge >= 0.3 is 0 Å². The molecule has 1 aromatic heterocycles. The minimum absolute atomic E-state index is 0.498. The molecule has 0 amide bonds. The van der Waals surface area contributed by atoms with E-state index in [0.717, 1.165) is 43.4 Å². The van der Waals surface area contributed by atoms with Crippen LogP contribution in [0.4, 0.5) is 0 Å². The summed E-state index contributed by atoms with van der Waals surface area (Å²) in [6.07, 6.45) is 6.15. The van der Waals surface area contributed by atoms with Crippen molar-refractivity contribution in [3.05, 3.63) is 54.1 Å². The third-order valence-electron chi connectivity index (χ3n) is 4.12. The van der Waals surface area contributed by atoms with Crippen molar-refractivity contribution in [3.63, 3.8) is 0 Å². The van der Waals surface area contributed by atoms with Gasteiger partial charge in [0.25, 0.3) is 0 Å². The van der Waals surface area contributed by atoms with Crippen molar-refractivity contribution in [2.45, 2.75) is 25.7 Å². The van der Waals surface area contributed by atoms with Gasteiger partial charge in [-0.3, -0.25) is 14.9 Å². The van der Waals surface area contributed by atoms with E-state index in [1.165, 1.54) is 12.8 Å². The topological polar surface area (TPSA) is 38.2 Å². The summed E-state index contributed by atoms with van der Waals surface area (Å²) < 4.78 is 5.80. The van der Waals surface area contributed by atoms with Crippen molar-refractivity contribution in [3.8, 4) is 5.75 Å². The number of ether oxygens (including phenoxy) is 1. The lowest BCUT2D eigenvalue weighted by atomic mass is 9.95. The monoisotopic (exact) mass is 297 g/mol. The number of likely N-dealkylation sites (tertiary alicyclic amines) is 1. The third-order valence-corrected chi connectivity index (χ3v) is 4.12. The fraction of sp³-hybridized carbons (Fsp3) is 0.444. The Hall–Kier alpha value is -1.94. The molecule has 1 aromatic carbocycles. The van der Waals surface area contributed by atoms with Crippen molar-refractivity contribution < 1.29 is 4.74 Å². The van der Waals surface area contributed by atoms with Gasteiger partial charge in [0.15, 0.2) is 0 Å². The van der Waals surface area contributed by atoms with Crippen molar-refractivity contribution in [2.24, 2.45) is 0 Å². The van der Waals surface area contributed by atoms with Crippen LogP contribution in [0.3, 0.4) is 0 Å². The standard InChI is InChI=1S/C18H23N3O/c1-15-12-19-13-18(20-15)16-6-5-9-21(14-16)10-11-22-17-7-3-2-4-8-17/h2-4,7-8,12-13,16H,5-6,9-11,14H2,1H3/t16-/m0/s1. The fourth-order valence-corrected chi connectivity index (χ4v) is 2.99. The molecule has 0 aliphatic carbocycles. The Morgan fingerprint density at radius 1 is 1.23 bits per heavy atom. The summed E-state index contributed by atoms with van der Waals surface area (Å²) in [5, 5.41) is 0. The zero-order chi connectivity index (χ0) is 15.2. The van der Waals surface area contributed by atoms with E-state index in [2.05, 4.69) is 14.9 Å². The highest BCUT2D eigenvalue weighted by molar-refractivity contribution is 5.20. The maximum Gasteiger partial charge on any atom is 0.119 e. The van der Waals surface area contributed by atoms with Gasteiger partial charge in [-0.05, 0) is 38.4 Å². The van der Waals surface area contributed by atoms with Crippen LogP contribution in [0, 0.1) is 6.92 Å². The molecule has 116 valence electrons. The van der Waals surface area contributed by atoms with Gasteiger partial charge in [-0.15, -0.1) is 0 Å². The summed E-state index contributed by atoms with van der Waals surface area (Å²) >= 11 is 0. The molecule has 1 fully saturated rings. The number of aromatic nitrogens is 2. The zero-order valence-corrected chi connectivity index (χ0v) is 13.1. The minimum atomic E-state index is 0.498. The molecule has 2 aromatic rings. The van der Waals surface area contributed by atoms with Crippen LogP contribution in [-0.4, -0.2) is 41.1 Å². The van der Waals surface area contributed by atoms with Crippen LogP contribution in [0.15, 0.2) is 42.7 Å². The van der Waals surface area contributed by atoms with Crippen LogP contribution in [0.25, 0.3) is 0 Å². The van der Waals surface area contributed by atoms with Gasteiger partial charge in [-0.25, -0.2) is 0 Å². The second kappa shape index (κ2) is 7.36. The van der Waals surface area contributed by atoms with E-state index < -0.39 is 0 Å². The van der Waals surface area contributed by atoms with Crippen molar-refractivity contribution >= 4 is 0 Å². The number of hydrogen-bond acceptors (Lipinski definition) is 4. The average molecular weight is 297 g/mol. The molecular formula is C18H23N3O. The smallest absolute Gasteiger partial charge is 0.119 e. The van der Waals surface area contributed by atoms with Crippen LogP contribution in [0.1, 0.15) is 30.1 Å². The first-order chi connectivity index (χ1) is 10.8. The Balaban J connectivity index is 1.50. The predicted octanol–water partition coefficient (Wildman–Crippen LogP) is 3.04. The summed E-state index contributed by atoms with van der Waals surface area (Å²) in [6, 6.07) is 10.0. The first-order valence-corrected chi connectivity index (χ1v) is 8.00. The Morgan fingerprint density at radius 3 is 2.91 bits per heavy atom. The lowest BCUT2D eigenvalue weighted by Crippen LogP contribution is -2.37. The van der Waals surface area contributed by atoms with E-state index in [0.29, 0.717) is 5.92 Å². The van der Waals surface area contributed by atoms with Gasteiger partial charge in [0.2, 0.25) is 0 Å². The summed E-state index contributed by atoms with van der Waals surface area (Å²) in [5.74, 6) is 1.44. The molecule has 0 saturated carbocycles. The van der Waals surface area contributed by atoms with Crippen LogP contribution in [0.2, 0.25) is 0 Å². The molecule has 0 unspecified atom stereocenters. The molecule has 0 spiro atoms. The Labute approximate surface area is 132 Å². The molecule has 1 atom stereocenters. The molecule has 3 rings (SSSR count). The normalized spacial score (nSPS) is 19.0. The van der Waals surface area contributed by atoms with E-state index in [1.807, 2.05) is 49.6 Å². The molecule has 4 nitrogen and oxygen atoms in total. The fourth-order valence-electron chi connectivity index (χ4n) is 2.99. The van der Waals surface area contributed by atoms with E-state index in [-0.39, 0.29) is 0 Å². The number of nitrogens with zero attached hydrogens (tertiary/aromatic N) is 3. The number of para-hydroxylation sites is 1. The van der Waals surface area contributed by atoms with Crippen molar-refractivity contribution in [1.29, 1.82) is 0 Å². The first kappa shape index (κ1) is 15.0. The van der Waals surface area contributed by atoms with Gasteiger partial charge in [0.1, 0.15) is 12.4 Å². The first-order valence-electron chi connectivity index (χ1n) is 8.00. The zero-order valence-electron chi connectivity index (χ0n) is 13.1. The number of hydrogen-bond donors (Lipinski definition) is 0. The van der Waals surface area contributed by atoms with Gasteiger partial charge in [0.05, 0.1) is 11.4 Å². The van der Waals surface area contributed by atoms with Crippen molar-refractivity contribution in [2.75, 3.05) is 26.2 Å².